The first-order valence-electron chi connectivity index (χ1n) is 6.75. The first-order valence-corrected chi connectivity index (χ1v) is 7.83. The van der Waals surface area contributed by atoms with Crippen LogP contribution in [0.3, 0.4) is 0 Å². The van der Waals surface area contributed by atoms with Crippen LogP contribution >= 0.6 is 22.6 Å². The highest BCUT2D eigenvalue weighted by Gasteiger charge is 2.23. The molecule has 0 atom stereocenters. The van der Waals surface area contributed by atoms with Crippen molar-refractivity contribution in [3.63, 3.8) is 0 Å². The second kappa shape index (κ2) is 5.44. The first-order chi connectivity index (χ1) is 9.61. The maximum atomic E-state index is 9.89. The summed E-state index contributed by atoms with van der Waals surface area (Å²) in [5, 5.41) is 9.89. The second-order valence-corrected chi connectivity index (χ2v) is 7.38. The molecule has 112 valence electrons. The maximum absolute atomic E-state index is 9.89. The van der Waals surface area contributed by atoms with Gasteiger partial charge in [-0.2, -0.15) is 0 Å². The fraction of sp³-hybridized carbons (Fsp3) is 0.375. The monoisotopic (exact) mass is 397 g/mol. The van der Waals surface area contributed by atoms with E-state index in [1.807, 2.05) is 26.0 Å². The van der Waals surface area contributed by atoms with Crippen LogP contribution in [0.1, 0.15) is 37.6 Å². The number of phenols is 1. The number of aromatic hydroxyl groups is 1. The van der Waals surface area contributed by atoms with Crippen molar-refractivity contribution in [1.29, 1.82) is 0 Å². The van der Waals surface area contributed by atoms with Gasteiger partial charge in [0.2, 0.25) is 0 Å². The Morgan fingerprint density at radius 3 is 2.10 bits per heavy atom. The molecule has 0 amide bonds. The summed E-state index contributed by atoms with van der Waals surface area (Å²) < 4.78 is 0.899. The molecule has 5 heteroatoms. The lowest BCUT2D eigenvalue weighted by molar-refractivity contribution is 0.467. The number of benzene rings is 1. The summed E-state index contributed by atoms with van der Waals surface area (Å²) in [6.45, 7) is 10.1. The molecule has 0 saturated carbocycles. The second-order valence-electron chi connectivity index (χ2n) is 6.30. The number of aryl methyl sites for hydroxylation is 2. The highest BCUT2D eigenvalue weighted by atomic mass is 127. The summed E-state index contributed by atoms with van der Waals surface area (Å²) in [7, 11) is 0. The molecule has 0 aliphatic carbocycles. The van der Waals surface area contributed by atoms with E-state index in [1.165, 1.54) is 0 Å². The molecule has 1 aromatic heterocycles. The quantitative estimate of drug-likeness (QED) is 0.715. The molecule has 3 N–H and O–H groups in total. The van der Waals surface area contributed by atoms with E-state index in [0.29, 0.717) is 17.4 Å². The Morgan fingerprint density at radius 2 is 1.62 bits per heavy atom. The van der Waals surface area contributed by atoms with Gasteiger partial charge in [0.1, 0.15) is 11.6 Å². The number of rotatable bonds is 1. The number of aromatic nitrogens is 2. The summed E-state index contributed by atoms with van der Waals surface area (Å²) in [6.07, 6.45) is 0. The zero-order chi connectivity index (χ0) is 15.9. The van der Waals surface area contributed by atoms with Crippen molar-refractivity contribution < 1.29 is 5.11 Å². The molecule has 2 rings (SSSR count). The molecule has 0 saturated heterocycles. The number of anilines is 1. The van der Waals surface area contributed by atoms with Crippen LogP contribution in [0.5, 0.6) is 5.75 Å². The standard InChI is InChI=1S/C16H20IN3O/c1-8-6-10(7-9(2)12(8)21)15-19-13(16(3,4)5)11(17)14(18)20-15/h6-7,21H,1-5H3,(H2,18,19,20). The average Bonchev–Trinajstić information content (AvgIpc) is 2.37. The van der Waals surface area contributed by atoms with Crippen LogP contribution < -0.4 is 5.73 Å². The number of hydrogen-bond acceptors (Lipinski definition) is 4. The Kier molecular flexibility index (Phi) is 4.15. The molecule has 1 aromatic carbocycles. The minimum atomic E-state index is -0.108. The molecular formula is C16H20IN3O. The lowest BCUT2D eigenvalue weighted by atomic mass is 9.91. The van der Waals surface area contributed by atoms with Crippen molar-refractivity contribution in [2.45, 2.75) is 40.0 Å². The molecule has 0 spiro atoms. The molecule has 0 aliphatic heterocycles. The molecular weight excluding hydrogens is 377 g/mol. The fourth-order valence-corrected chi connectivity index (χ4v) is 3.23. The molecule has 0 unspecified atom stereocenters. The lowest BCUT2D eigenvalue weighted by Gasteiger charge is -2.21. The van der Waals surface area contributed by atoms with Crippen molar-refractivity contribution >= 4 is 28.4 Å². The topological polar surface area (TPSA) is 72.0 Å². The zero-order valence-corrected chi connectivity index (χ0v) is 15.1. The largest absolute Gasteiger partial charge is 0.507 e. The summed E-state index contributed by atoms with van der Waals surface area (Å²) in [5.74, 6) is 1.41. The number of nitrogens with two attached hydrogens (primary N) is 1. The third-order valence-electron chi connectivity index (χ3n) is 3.34. The van der Waals surface area contributed by atoms with Gasteiger partial charge in [-0.05, 0) is 59.7 Å². The highest BCUT2D eigenvalue weighted by molar-refractivity contribution is 14.1. The predicted octanol–water partition coefficient (Wildman–Crippen LogP) is 3.95. The normalized spacial score (nSPS) is 11.7. The average molecular weight is 397 g/mol. The van der Waals surface area contributed by atoms with Gasteiger partial charge in [0.15, 0.2) is 5.82 Å². The van der Waals surface area contributed by atoms with Crippen LogP contribution in [-0.4, -0.2) is 15.1 Å². The molecule has 2 aromatic rings. The van der Waals surface area contributed by atoms with Gasteiger partial charge in [-0.15, -0.1) is 0 Å². The molecule has 21 heavy (non-hydrogen) atoms. The van der Waals surface area contributed by atoms with Gasteiger partial charge in [0.05, 0.1) is 9.26 Å². The Morgan fingerprint density at radius 1 is 1.10 bits per heavy atom. The van der Waals surface area contributed by atoms with Crippen molar-refractivity contribution in [2.24, 2.45) is 0 Å². The SMILES string of the molecule is Cc1cc(-c2nc(N)c(I)c(C(C)(C)C)n2)cc(C)c1O. The van der Waals surface area contributed by atoms with Crippen molar-refractivity contribution in [3.8, 4) is 17.1 Å². The molecule has 0 fully saturated rings. The van der Waals surface area contributed by atoms with Crippen molar-refractivity contribution in [3.05, 3.63) is 32.5 Å². The first kappa shape index (κ1) is 16.0. The van der Waals surface area contributed by atoms with Gasteiger partial charge >= 0.3 is 0 Å². The minimum Gasteiger partial charge on any atom is -0.507 e. The molecule has 4 nitrogen and oxygen atoms in total. The molecule has 0 aliphatic rings. The van der Waals surface area contributed by atoms with E-state index < -0.39 is 0 Å². The predicted molar refractivity (Wildman–Crippen MR) is 94.4 cm³/mol. The van der Waals surface area contributed by atoms with E-state index in [-0.39, 0.29) is 5.41 Å². The number of phenolic OH excluding ortho intramolecular Hbond substituents is 1. The van der Waals surface area contributed by atoms with Crippen molar-refractivity contribution in [2.75, 3.05) is 5.73 Å². The third kappa shape index (κ3) is 3.12. The van der Waals surface area contributed by atoms with Gasteiger partial charge < -0.3 is 10.8 Å². The summed E-state index contributed by atoms with van der Waals surface area (Å²) in [6, 6.07) is 3.77. The molecule has 0 bridgehead atoms. The summed E-state index contributed by atoms with van der Waals surface area (Å²) in [5.41, 5.74) is 9.37. The smallest absolute Gasteiger partial charge is 0.161 e. The molecule has 0 radical (unpaired) electrons. The Bertz CT molecular complexity index is 682. The number of nitrogens with zero attached hydrogens (tertiary/aromatic N) is 2. The minimum absolute atomic E-state index is 0.108. The molecule has 1 heterocycles. The third-order valence-corrected chi connectivity index (χ3v) is 4.40. The van der Waals surface area contributed by atoms with E-state index >= 15 is 0 Å². The Balaban J connectivity index is 2.68. The van der Waals surface area contributed by atoms with Crippen LogP contribution in [0.4, 0.5) is 5.82 Å². The zero-order valence-electron chi connectivity index (χ0n) is 13.0. The van der Waals surface area contributed by atoms with E-state index in [4.69, 9.17) is 10.7 Å². The van der Waals surface area contributed by atoms with Crippen LogP contribution in [0, 0.1) is 17.4 Å². The van der Waals surface area contributed by atoms with E-state index in [0.717, 1.165) is 26.0 Å². The van der Waals surface area contributed by atoms with Gasteiger partial charge in [-0.1, -0.05) is 20.8 Å². The van der Waals surface area contributed by atoms with Crippen molar-refractivity contribution in [1.82, 2.24) is 9.97 Å². The van der Waals surface area contributed by atoms with Crippen LogP contribution in [0.25, 0.3) is 11.4 Å². The van der Waals surface area contributed by atoms with Crippen LogP contribution in [-0.2, 0) is 5.41 Å². The lowest BCUT2D eigenvalue weighted by Crippen LogP contribution is -2.18. The van der Waals surface area contributed by atoms with E-state index in [2.05, 4.69) is 48.3 Å². The Hall–Kier alpha value is -1.37. The van der Waals surface area contributed by atoms with E-state index in [1.54, 1.807) is 0 Å². The number of halogens is 1. The Labute approximate surface area is 139 Å². The van der Waals surface area contributed by atoms with Gasteiger partial charge in [0, 0.05) is 11.0 Å². The maximum Gasteiger partial charge on any atom is 0.161 e. The number of nitrogen functional groups attached to an aromatic ring is 1. The summed E-state index contributed by atoms with van der Waals surface area (Å²) >= 11 is 2.19. The number of hydrogen-bond donors (Lipinski definition) is 2. The fourth-order valence-electron chi connectivity index (χ4n) is 2.18. The van der Waals surface area contributed by atoms with Gasteiger partial charge in [0.25, 0.3) is 0 Å². The van der Waals surface area contributed by atoms with Gasteiger partial charge in [-0.3, -0.25) is 0 Å². The van der Waals surface area contributed by atoms with Crippen LogP contribution in [0.2, 0.25) is 0 Å². The summed E-state index contributed by atoms with van der Waals surface area (Å²) in [4.78, 5) is 9.11. The van der Waals surface area contributed by atoms with E-state index in [9.17, 15) is 5.11 Å². The van der Waals surface area contributed by atoms with Crippen LogP contribution in [0.15, 0.2) is 12.1 Å². The van der Waals surface area contributed by atoms with Gasteiger partial charge in [-0.25, -0.2) is 9.97 Å². The highest BCUT2D eigenvalue weighted by Crippen LogP contribution is 2.32.